The summed E-state index contributed by atoms with van der Waals surface area (Å²) in [5.41, 5.74) is 2.33. The maximum absolute atomic E-state index is 13.1. The van der Waals surface area contributed by atoms with Gasteiger partial charge in [-0.1, -0.05) is 36.4 Å². The van der Waals surface area contributed by atoms with Crippen molar-refractivity contribution in [3.8, 4) is 5.75 Å². The predicted octanol–water partition coefficient (Wildman–Crippen LogP) is 4.66. The van der Waals surface area contributed by atoms with Gasteiger partial charge < -0.3 is 14.8 Å². The normalized spacial score (nSPS) is 11.4. The molecule has 3 rings (SSSR count). The third-order valence-electron chi connectivity index (χ3n) is 4.36. The van der Waals surface area contributed by atoms with Crippen LogP contribution in [0, 0.1) is 6.92 Å². The standard InChI is InChI=1S/C23H22N2O4S/c1-15-11-12-19(28-2)18(14-15)25-21(26)20(16-8-5-4-6-9-16)29-23(27)17-10-7-13-24-22(17)30-3/h4-14,20H,1-3H3,(H,25,26)/t20-/m0/s1. The van der Waals surface area contributed by atoms with Crippen LogP contribution in [-0.4, -0.2) is 30.2 Å². The maximum Gasteiger partial charge on any atom is 0.342 e. The lowest BCUT2D eigenvalue weighted by atomic mass is 10.1. The second-order valence-corrected chi connectivity index (χ2v) is 7.24. The van der Waals surface area contributed by atoms with E-state index >= 15 is 0 Å². The molecule has 0 spiro atoms. The molecular formula is C23H22N2O4S. The minimum Gasteiger partial charge on any atom is -0.495 e. The number of nitrogens with zero attached hydrogens (tertiary/aromatic N) is 1. The molecule has 1 amide bonds. The molecule has 1 heterocycles. The maximum atomic E-state index is 13.1. The Morgan fingerprint density at radius 3 is 2.53 bits per heavy atom. The fourth-order valence-corrected chi connectivity index (χ4v) is 3.44. The van der Waals surface area contributed by atoms with Crippen molar-refractivity contribution in [2.24, 2.45) is 0 Å². The van der Waals surface area contributed by atoms with Crippen molar-refractivity contribution in [3.05, 3.63) is 83.6 Å². The molecule has 0 aliphatic rings. The number of carbonyl (C=O) groups excluding carboxylic acids is 2. The average Bonchev–Trinajstić information content (AvgIpc) is 2.78. The van der Waals surface area contributed by atoms with Crippen molar-refractivity contribution in [1.29, 1.82) is 0 Å². The van der Waals surface area contributed by atoms with Gasteiger partial charge in [-0.2, -0.15) is 0 Å². The van der Waals surface area contributed by atoms with Gasteiger partial charge >= 0.3 is 5.97 Å². The van der Waals surface area contributed by atoms with Crippen LogP contribution in [0.2, 0.25) is 0 Å². The van der Waals surface area contributed by atoms with E-state index in [9.17, 15) is 9.59 Å². The molecule has 6 nitrogen and oxygen atoms in total. The summed E-state index contributed by atoms with van der Waals surface area (Å²) in [4.78, 5) is 30.2. The first-order chi connectivity index (χ1) is 14.5. The first-order valence-corrected chi connectivity index (χ1v) is 10.5. The first kappa shape index (κ1) is 21.4. The zero-order chi connectivity index (χ0) is 21.5. The Kier molecular flexibility index (Phi) is 7.08. The molecular weight excluding hydrogens is 400 g/mol. The molecule has 0 saturated carbocycles. The Bertz CT molecular complexity index is 1040. The molecule has 30 heavy (non-hydrogen) atoms. The fraction of sp³-hybridized carbons (Fsp3) is 0.174. The summed E-state index contributed by atoms with van der Waals surface area (Å²) in [7, 11) is 1.53. The number of aromatic nitrogens is 1. The highest BCUT2D eigenvalue weighted by Gasteiger charge is 2.27. The number of anilines is 1. The van der Waals surface area contributed by atoms with Crippen LogP contribution in [-0.2, 0) is 9.53 Å². The molecule has 0 fully saturated rings. The number of amides is 1. The first-order valence-electron chi connectivity index (χ1n) is 9.24. The number of ether oxygens (including phenoxy) is 2. The van der Waals surface area contributed by atoms with Crippen molar-refractivity contribution in [2.75, 3.05) is 18.7 Å². The smallest absolute Gasteiger partial charge is 0.342 e. The van der Waals surface area contributed by atoms with Gasteiger partial charge in [0.15, 0.2) is 0 Å². The highest BCUT2D eigenvalue weighted by molar-refractivity contribution is 7.98. The van der Waals surface area contributed by atoms with E-state index in [0.717, 1.165) is 5.56 Å². The Morgan fingerprint density at radius 1 is 1.07 bits per heavy atom. The molecule has 0 unspecified atom stereocenters. The lowest BCUT2D eigenvalue weighted by Crippen LogP contribution is -2.26. The number of benzene rings is 2. The highest BCUT2D eigenvalue weighted by atomic mass is 32.2. The van der Waals surface area contributed by atoms with E-state index in [1.165, 1.54) is 18.9 Å². The van der Waals surface area contributed by atoms with Gasteiger partial charge in [-0.15, -0.1) is 11.8 Å². The number of methoxy groups -OCH3 is 1. The number of carbonyl (C=O) groups is 2. The summed E-state index contributed by atoms with van der Waals surface area (Å²) >= 11 is 1.34. The van der Waals surface area contributed by atoms with Crippen LogP contribution in [0.1, 0.15) is 27.6 Å². The minimum absolute atomic E-state index is 0.312. The molecule has 0 bridgehead atoms. The van der Waals surface area contributed by atoms with E-state index < -0.39 is 18.0 Å². The largest absolute Gasteiger partial charge is 0.495 e. The van der Waals surface area contributed by atoms with Crippen LogP contribution in [0.15, 0.2) is 71.9 Å². The molecule has 154 valence electrons. The van der Waals surface area contributed by atoms with Gasteiger partial charge in [-0.3, -0.25) is 4.79 Å². The van der Waals surface area contributed by atoms with Crippen LogP contribution >= 0.6 is 11.8 Å². The number of hydrogen-bond donors (Lipinski definition) is 1. The third kappa shape index (κ3) is 4.99. The van der Waals surface area contributed by atoms with E-state index in [0.29, 0.717) is 27.6 Å². The number of pyridine rings is 1. The van der Waals surface area contributed by atoms with Crippen LogP contribution < -0.4 is 10.1 Å². The van der Waals surface area contributed by atoms with Crippen molar-refractivity contribution in [1.82, 2.24) is 4.98 Å². The quantitative estimate of drug-likeness (QED) is 0.441. The van der Waals surface area contributed by atoms with Crippen LogP contribution in [0.4, 0.5) is 5.69 Å². The van der Waals surface area contributed by atoms with E-state index in [4.69, 9.17) is 9.47 Å². The second kappa shape index (κ2) is 9.93. The Hall–Kier alpha value is -3.32. The number of hydrogen-bond acceptors (Lipinski definition) is 6. The molecule has 0 saturated heterocycles. The summed E-state index contributed by atoms with van der Waals surface area (Å²) < 4.78 is 11.0. The zero-order valence-electron chi connectivity index (χ0n) is 16.9. The van der Waals surface area contributed by atoms with Crippen molar-refractivity contribution >= 4 is 29.3 Å². The zero-order valence-corrected chi connectivity index (χ0v) is 17.7. The van der Waals surface area contributed by atoms with Crippen molar-refractivity contribution < 1.29 is 19.1 Å². The van der Waals surface area contributed by atoms with Crippen molar-refractivity contribution in [2.45, 2.75) is 18.1 Å². The lowest BCUT2D eigenvalue weighted by molar-refractivity contribution is -0.125. The molecule has 0 radical (unpaired) electrons. The summed E-state index contributed by atoms with van der Waals surface area (Å²) in [6.07, 6.45) is 2.29. The fourth-order valence-electron chi connectivity index (χ4n) is 2.90. The number of esters is 1. The average molecular weight is 423 g/mol. The second-order valence-electron chi connectivity index (χ2n) is 6.45. The molecule has 1 aromatic heterocycles. The highest BCUT2D eigenvalue weighted by Crippen LogP contribution is 2.28. The lowest BCUT2D eigenvalue weighted by Gasteiger charge is -2.19. The van der Waals surface area contributed by atoms with Gasteiger partial charge in [-0.25, -0.2) is 9.78 Å². The van der Waals surface area contributed by atoms with Gasteiger partial charge in [0.2, 0.25) is 6.10 Å². The van der Waals surface area contributed by atoms with Crippen LogP contribution in [0.3, 0.4) is 0 Å². The van der Waals surface area contributed by atoms with Crippen LogP contribution in [0.5, 0.6) is 5.75 Å². The monoisotopic (exact) mass is 422 g/mol. The molecule has 0 aliphatic carbocycles. The summed E-state index contributed by atoms with van der Waals surface area (Å²) in [6.45, 7) is 1.91. The Morgan fingerprint density at radius 2 is 1.83 bits per heavy atom. The third-order valence-corrected chi connectivity index (χ3v) is 5.07. The molecule has 7 heteroatoms. The number of aryl methyl sites for hydroxylation is 1. The molecule has 3 aromatic rings. The van der Waals surface area contributed by atoms with Crippen LogP contribution in [0.25, 0.3) is 0 Å². The SMILES string of the molecule is COc1ccc(C)cc1NC(=O)[C@@H](OC(=O)c1cccnc1SC)c1ccccc1. The van der Waals surface area contributed by atoms with Gasteiger partial charge in [0.25, 0.3) is 5.91 Å². The van der Waals surface area contributed by atoms with Gasteiger partial charge in [0, 0.05) is 11.8 Å². The Balaban J connectivity index is 1.91. The van der Waals surface area contributed by atoms with E-state index in [-0.39, 0.29) is 0 Å². The van der Waals surface area contributed by atoms with E-state index in [1.54, 1.807) is 54.7 Å². The predicted molar refractivity (Wildman–Crippen MR) is 117 cm³/mol. The molecule has 0 aliphatic heterocycles. The summed E-state index contributed by atoms with van der Waals surface area (Å²) in [6, 6.07) is 17.6. The topological polar surface area (TPSA) is 77.5 Å². The van der Waals surface area contributed by atoms with Gasteiger partial charge in [0.05, 0.1) is 18.4 Å². The van der Waals surface area contributed by atoms with E-state index in [1.807, 2.05) is 25.3 Å². The van der Waals surface area contributed by atoms with Crippen molar-refractivity contribution in [3.63, 3.8) is 0 Å². The summed E-state index contributed by atoms with van der Waals surface area (Å²) in [5, 5.41) is 3.36. The number of thioether (sulfide) groups is 1. The Labute approximate surface area is 179 Å². The molecule has 1 N–H and O–H groups in total. The minimum atomic E-state index is -1.14. The summed E-state index contributed by atoms with van der Waals surface area (Å²) in [5.74, 6) is -0.579. The van der Waals surface area contributed by atoms with E-state index in [2.05, 4.69) is 10.3 Å². The molecule has 1 atom stereocenters. The number of rotatable bonds is 7. The molecule has 2 aromatic carbocycles. The van der Waals surface area contributed by atoms with Gasteiger partial charge in [-0.05, 0) is 43.0 Å². The number of nitrogens with one attached hydrogen (secondary N) is 1. The van der Waals surface area contributed by atoms with Gasteiger partial charge in [0.1, 0.15) is 10.8 Å².